The Morgan fingerprint density at radius 2 is 1.81 bits per heavy atom. The zero-order valence-electron chi connectivity index (χ0n) is 14.9. The van der Waals surface area contributed by atoms with Gasteiger partial charge < -0.3 is 0 Å². The molecule has 2 aromatic carbocycles. The minimum Gasteiger partial charge on any atom is -0.289 e. The Morgan fingerprint density at radius 3 is 2.56 bits per heavy atom. The predicted octanol–water partition coefficient (Wildman–Crippen LogP) is 4.75. The summed E-state index contributed by atoms with van der Waals surface area (Å²) in [6.07, 6.45) is 0.653. The van der Waals surface area contributed by atoms with Crippen LogP contribution >= 0.6 is 11.3 Å². The van der Waals surface area contributed by atoms with E-state index < -0.39 is 11.4 Å². The van der Waals surface area contributed by atoms with Crippen LogP contribution in [0.3, 0.4) is 0 Å². The van der Waals surface area contributed by atoms with Gasteiger partial charge in [0, 0.05) is 16.1 Å². The third-order valence-electron chi connectivity index (χ3n) is 4.79. The molecule has 0 aliphatic carbocycles. The van der Waals surface area contributed by atoms with Crippen LogP contribution in [-0.2, 0) is 0 Å². The topological polar surface area (TPSA) is 52.0 Å². The largest absolute Gasteiger partial charge is 0.289 e. The van der Waals surface area contributed by atoms with Gasteiger partial charge in [0.1, 0.15) is 21.9 Å². The van der Waals surface area contributed by atoms with Gasteiger partial charge >= 0.3 is 0 Å². The molecular formula is C21H17FN2O2S. The summed E-state index contributed by atoms with van der Waals surface area (Å²) in [5.41, 5.74) is -0.488. The Morgan fingerprint density at radius 1 is 1.11 bits per heavy atom. The molecule has 4 rings (SSSR count). The normalized spacial score (nSPS) is 12.6. The van der Waals surface area contributed by atoms with Crippen molar-refractivity contribution < 1.29 is 4.39 Å². The molecule has 0 fully saturated rings. The van der Waals surface area contributed by atoms with Crippen molar-refractivity contribution in [3.63, 3.8) is 0 Å². The van der Waals surface area contributed by atoms with Crippen molar-refractivity contribution in [2.75, 3.05) is 0 Å². The van der Waals surface area contributed by atoms with Crippen LogP contribution in [-0.4, -0.2) is 9.55 Å². The second kappa shape index (κ2) is 6.70. The first-order valence-electron chi connectivity index (χ1n) is 8.76. The second-order valence-electron chi connectivity index (χ2n) is 6.46. The summed E-state index contributed by atoms with van der Waals surface area (Å²) in [5, 5.41) is 0.572. The van der Waals surface area contributed by atoms with Crippen molar-refractivity contribution >= 4 is 31.6 Å². The zero-order chi connectivity index (χ0) is 19.1. The maximum atomic E-state index is 14.5. The smallest absolute Gasteiger partial charge is 0.266 e. The zero-order valence-corrected chi connectivity index (χ0v) is 15.7. The Kier molecular flexibility index (Phi) is 4.36. The van der Waals surface area contributed by atoms with Gasteiger partial charge in [-0.1, -0.05) is 31.2 Å². The SMILES string of the molecule is CCC(C)n1c(-c2ccccc2F)nc2sc3ccccc3c(=O)c2c1=O. The average Bonchev–Trinajstić information content (AvgIpc) is 2.67. The molecule has 0 radical (unpaired) electrons. The third kappa shape index (κ3) is 2.77. The van der Waals surface area contributed by atoms with Crippen molar-refractivity contribution in [1.29, 1.82) is 0 Å². The second-order valence-corrected chi connectivity index (χ2v) is 7.49. The lowest BCUT2D eigenvalue weighted by atomic mass is 10.1. The van der Waals surface area contributed by atoms with E-state index in [0.717, 1.165) is 4.70 Å². The minimum absolute atomic E-state index is 0.0686. The van der Waals surface area contributed by atoms with E-state index in [-0.39, 0.29) is 28.2 Å². The van der Waals surface area contributed by atoms with E-state index in [1.165, 1.54) is 22.0 Å². The number of rotatable bonds is 3. The summed E-state index contributed by atoms with van der Waals surface area (Å²) < 4.78 is 16.7. The van der Waals surface area contributed by atoms with E-state index in [1.54, 1.807) is 30.3 Å². The third-order valence-corrected chi connectivity index (χ3v) is 5.86. The highest BCUT2D eigenvalue weighted by Gasteiger charge is 2.21. The highest BCUT2D eigenvalue weighted by atomic mass is 32.1. The van der Waals surface area contributed by atoms with Crippen LogP contribution < -0.4 is 11.0 Å². The molecule has 0 aliphatic heterocycles. The van der Waals surface area contributed by atoms with Crippen LogP contribution in [0.15, 0.2) is 58.1 Å². The highest BCUT2D eigenvalue weighted by molar-refractivity contribution is 7.24. The lowest BCUT2D eigenvalue weighted by Gasteiger charge is -2.19. The molecule has 4 aromatic rings. The Labute approximate surface area is 158 Å². The van der Waals surface area contributed by atoms with Crippen molar-refractivity contribution in [3.05, 3.63) is 74.9 Å². The molecule has 0 saturated carbocycles. The molecule has 0 N–H and O–H groups in total. The molecule has 2 aromatic heterocycles. The van der Waals surface area contributed by atoms with Gasteiger partial charge in [-0.15, -0.1) is 11.3 Å². The van der Waals surface area contributed by atoms with Crippen LogP contribution in [0.5, 0.6) is 0 Å². The van der Waals surface area contributed by atoms with E-state index >= 15 is 0 Å². The summed E-state index contributed by atoms with van der Waals surface area (Å²) in [6, 6.07) is 13.2. The molecule has 2 heterocycles. The van der Waals surface area contributed by atoms with E-state index in [9.17, 15) is 14.0 Å². The lowest BCUT2D eigenvalue weighted by molar-refractivity contribution is 0.514. The fourth-order valence-electron chi connectivity index (χ4n) is 3.19. The molecule has 0 saturated heterocycles. The number of hydrogen-bond acceptors (Lipinski definition) is 4. The molecular weight excluding hydrogens is 363 g/mol. The van der Waals surface area contributed by atoms with Gasteiger partial charge in [-0.05, 0) is 37.6 Å². The van der Waals surface area contributed by atoms with Gasteiger partial charge in [0.05, 0.1) is 5.56 Å². The molecule has 0 spiro atoms. The standard InChI is InChI=1S/C21H17FN2O2S/c1-3-12(2)24-19(13-8-4-6-10-15(13)22)23-20-17(21(24)26)18(25)14-9-5-7-11-16(14)27-20/h4-12H,3H2,1-2H3. The average molecular weight is 380 g/mol. The molecule has 136 valence electrons. The van der Waals surface area contributed by atoms with Crippen molar-refractivity contribution in [2.45, 2.75) is 26.3 Å². The van der Waals surface area contributed by atoms with Crippen LogP contribution in [0, 0.1) is 5.82 Å². The van der Waals surface area contributed by atoms with Crippen LogP contribution in [0.25, 0.3) is 31.7 Å². The summed E-state index contributed by atoms with van der Waals surface area (Å²) in [5.74, 6) is -0.195. The number of halogens is 1. The Bertz CT molecular complexity index is 1290. The molecule has 6 heteroatoms. The molecule has 1 unspecified atom stereocenters. The van der Waals surface area contributed by atoms with Crippen LogP contribution in [0.2, 0.25) is 0 Å². The van der Waals surface area contributed by atoms with E-state index in [2.05, 4.69) is 4.98 Å². The van der Waals surface area contributed by atoms with Gasteiger partial charge in [0.15, 0.2) is 0 Å². The first kappa shape index (κ1) is 17.5. The fourth-order valence-corrected chi connectivity index (χ4v) is 4.23. The maximum Gasteiger partial charge on any atom is 0.266 e. The first-order chi connectivity index (χ1) is 13.0. The predicted molar refractivity (Wildman–Crippen MR) is 108 cm³/mol. The summed E-state index contributed by atoms with van der Waals surface area (Å²) in [6.45, 7) is 3.81. The number of fused-ring (bicyclic) bond motifs is 2. The van der Waals surface area contributed by atoms with E-state index in [1.807, 2.05) is 26.0 Å². The first-order valence-corrected chi connectivity index (χ1v) is 9.57. The molecule has 0 aliphatic rings. The number of benzene rings is 2. The highest BCUT2D eigenvalue weighted by Crippen LogP contribution is 2.28. The molecule has 0 amide bonds. The maximum absolute atomic E-state index is 14.5. The Hall–Kier alpha value is -2.86. The molecule has 27 heavy (non-hydrogen) atoms. The summed E-state index contributed by atoms with van der Waals surface area (Å²) >= 11 is 1.28. The molecule has 1 atom stereocenters. The lowest BCUT2D eigenvalue weighted by Crippen LogP contribution is -2.29. The van der Waals surface area contributed by atoms with Crippen molar-refractivity contribution in [1.82, 2.24) is 9.55 Å². The number of hydrogen-bond donors (Lipinski definition) is 0. The van der Waals surface area contributed by atoms with Crippen molar-refractivity contribution in [3.8, 4) is 11.4 Å². The van der Waals surface area contributed by atoms with Crippen LogP contribution in [0.4, 0.5) is 4.39 Å². The van der Waals surface area contributed by atoms with Gasteiger partial charge in [0.25, 0.3) is 5.56 Å². The van der Waals surface area contributed by atoms with Gasteiger partial charge in [0.2, 0.25) is 5.43 Å². The summed E-state index contributed by atoms with van der Waals surface area (Å²) in [4.78, 5) is 31.2. The minimum atomic E-state index is -0.450. The number of nitrogens with zero attached hydrogens (tertiary/aromatic N) is 2. The molecule has 0 bridgehead atoms. The quantitative estimate of drug-likeness (QED) is 0.482. The summed E-state index contributed by atoms with van der Waals surface area (Å²) in [7, 11) is 0. The van der Waals surface area contributed by atoms with Gasteiger partial charge in [-0.3, -0.25) is 14.2 Å². The molecule has 4 nitrogen and oxygen atoms in total. The van der Waals surface area contributed by atoms with E-state index in [0.29, 0.717) is 16.6 Å². The van der Waals surface area contributed by atoms with Gasteiger partial charge in [-0.2, -0.15) is 0 Å². The van der Waals surface area contributed by atoms with E-state index in [4.69, 9.17) is 0 Å². The fraction of sp³-hybridized carbons (Fsp3) is 0.190. The Balaban J connectivity index is 2.21. The number of aromatic nitrogens is 2. The van der Waals surface area contributed by atoms with Gasteiger partial charge in [-0.25, -0.2) is 9.37 Å². The van der Waals surface area contributed by atoms with Crippen LogP contribution in [0.1, 0.15) is 26.3 Å². The monoisotopic (exact) mass is 380 g/mol. The van der Waals surface area contributed by atoms with Crippen molar-refractivity contribution in [2.24, 2.45) is 0 Å².